The summed E-state index contributed by atoms with van der Waals surface area (Å²) in [5.41, 5.74) is 3.81. The minimum Gasteiger partial charge on any atom is -0.507 e. The lowest BCUT2D eigenvalue weighted by molar-refractivity contribution is 0.305. The molecule has 1 N–H and O–H groups in total. The molecule has 0 radical (unpaired) electrons. The van der Waals surface area contributed by atoms with Crippen LogP contribution in [-0.4, -0.2) is 11.7 Å². The molecule has 2 heteroatoms. The van der Waals surface area contributed by atoms with E-state index in [4.69, 9.17) is 4.74 Å². The van der Waals surface area contributed by atoms with Gasteiger partial charge in [0, 0.05) is 11.1 Å². The first-order chi connectivity index (χ1) is 18.8. The molecule has 0 atom stereocenters. The first kappa shape index (κ1) is 29.8. The smallest absolute Gasteiger partial charge is 0.128 e. The first-order valence-electron chi connectivity index (χ1n) is 15.4. The van der Waals surface area contributed by atoms with Crippen LogP contribution in [0.15, 0.2) is 72.8 Å². The minimum atomic E-state index is 0.282. The zero-order valence-electron chi connectivity index (χ0n) is 23.8. The molecule has 3 aromatic rings. The second-order valence-electron chi connectivity index (χ2n) is 10.7. The highest BCUT2D eigenvalue weighted by atomic mass is 16.5. The largest absolute Gasteiger partial charge is 0.507 e. The second kappa shape index (κ2) is 18.5. The third-order valence-electron chi connectivity index (χ3n) is 7.52. The molecule has 0 heterocycles. The molecule has 0 aliphatic rings. The van der Waals surface area contributed by atoms with Crippen LogP contribution in [0.4, 0.5) is 0 Å². The molecule has 0 fully saturated rings. The molecule has 0 aliphatic heterocycles. The summed E-state index contributed by atoms with van der Waals surface area (Å²) in [7, 11) is 0. The van der Waals surface area contributed by atoms with Crippen molar-refractivity contribution in [3.63, 3.8) is 0 Å². The van der Waals surface area contributed by atoms with E-state index < -0.39 is 0 Å². The van der Waals surface area contributed by atoms with Crippen LogP contribution >= 0.6 is 0 Å². The highest BCUT2D eigenvalue weighted by molar-refractivity contribution is 5.80. The molecule has 206 valence electrons. The standard InChI is InChI=1S/C36H50O2/c1-2-3-4-5-6-7-8-9-10-11-12-13-14-15-16-23-28-38-36-30-33(31-24-19-17-20-25-31)35(37)29-34(36)32-26-21-18-22-27-32/h17-22,24-27,29-30,37H,2-16,23,28H2,1H3. The molecule has 0 saturated carbocycles. The summed E-state index contributed by atoms with van der Waals surface area (Å²) in [6.45, 7) is 2.99. The van der Waals surface area contributed by atoms with Gasteiger partial charge in [-0.2, -0.15) is 0 Å². The van der Waals surface area contributed by atoms with E-state index in [9.17, 15) is 5.11 Å². The summed E-state index contributed by atoms with van der Waals surface area (Å²) >= 11 is 0. The highest BCUT2D eigenvalue weighted by Crippen LogP contribution is 2.40. The molecule has 0 unspecified atom stereocenters. The molecule has 3 rings (SSSR count). The van der Waals surface area contributed by atoms with Gasteiger partial charge in [-0.05, 0) is 29.7 Å². The van der Waals surface area contributed by atoms with E-state index in [1.165, 1.54) is 96.3 Å². The van der Waals surface area contributed by atoms with Crippen molar-refractivity contribution in [1.82, 2.24) is 0 Å². The molecule has 0 saturated heterocycles. The Labute approximate surface area is 232 Å². The van der Waals surface area contributed by atoms with E-state index in [0.717, 1.165) is 34.4 Å². The number of phenols is 1. The monoisotopic (exact) mass is 514 g/mol. The normalized spacial score (nSPS) is 11.1. The van der Waals surface area contributed by atoms with E-state index in [1.54, 1.807) is 0 Å². The molecule has 0 bridgehead atoms. The quantitative estimate of drug-likeness (QED) is 0.152. The third-order valence-corrected chi connectivity index (χ3v) is 7.52. The summed E-state index contributed by atoms with van der Waals surface area (Å²) in [4.78, 5) is 0. The average Bonchev–Trinajstić information content (AvgIpc) is 2.96. The van der Waals surface area contributed by atoms with Crippen molar-refractivity contribution in [1.29, 1.82) is 0 Å². The Bertz CT molecular complexity index is 997. The lowest BCUT2D eigenvalue weighted by Gasteiger charge is -2.15. The predicted octanol–water partition coefficient (Wildman–Crippen LogP) is 11.4. The minimum absolute atomic E-state index is 0.282. The zero-order valence-corrected chi connectivity index (χ0v) is 23.8. The molecular weight excluding hydrogens is 464 g/mol. The molecular formula is C36H50O2. The number of ether oxygens (including phenoxy) is 1. The van der Waals surface area contributed by atoms with Crippen LogP contribution < -0.4 is 4.74 Å². The van der Waals surface area contributed by atoms with E-state index in [0.29, 0.717) is 6.61 Å². The fourth-order valence-electron chi connectivity index (χ4n) is 5.21. The Morgan fingerprint density at radius 1 is 0.500 bits per heavy atom. The number of benzene rings is 3. The van der Waals surface area contributed by atoms with Crippen LogP contribution in [0.25, 0.3) is 22.3 Å². The van der Waals surface area contributed by atoms with Crippen molar-refractivity contribution >= 4 is 0 Å². The van der Waals surface area contributed by atoms with Gasteiger partial charge in [0.1, 0.15) is 11.5 Å². The van der Waals surface area contributed by atoms with E-state index >= 15 is 0 Å². The summed E-state index contributed by atoms with van der Waals surface area (Å²) in [5.74, 6) is 1.12. The van der Waals surface area contributed by atoms with Crippen molar-refractivity contribution < 1.29 is 9.84 Å². The predicted molar refractivity (Wildman–Crippen MR) is 164 cm³/mol. The maximum Gasteiger partial charge on any atom is 0.128 e. The van der Waals surface area contributed by atoms with Crippen LogP contribution in [0.3, 0.4) is 0 Å². The first-order valence-corrected chi connectivity index (χ1v) is 15.4. The summed E-state index contributed by atoms with van der Waals surface area (Å²) in [6.07, 6.45) is 21.9. The van der Waals surface area contributed by atoms with Crippen molar-refractivity contribution in [3.05, 3.63) is 72.8 Å². The Morgan fingerprint density at radius 2 is 0.921 bits per heavy atom. The van der Waals surface area contributed by atoms with Gasteiger partial charge in [-0.15, -0.1) is 0 Å². The average molecular weight is 515 g/mol. The SMILES string of the molecule is CCCCCCCCCCCCCCCCCCOc1cc(-c2ccccc2)c(O)cc1-c1ccccc1. The van der Waals surface area contributed by atoms with Gasteiger partial charge in [0.2, 0.25) is 0 Å². The van der Waals surface area contributed by atoms with Crippen LogP contribution in [0.5, 0.6) is 11.5 Å². The van der Waals surface area contributed by atoms with Crippen LogP contribution in [0.2, 0.25) is 0 Å². The van der Waals surface area contributed by atoms with Crippen molar-refractivity contribution in [2.24, 2.45) is 0 Å². The van der Waals surface area contributed by atoms with Crippen molar-refractivity contribution in [2.75, 3.05) is 6.61 Å². The Balaban J connectivity index is 1.33. The summed E-state index contributed by atoms with van der Waals surface area (Å²) < 4.78 is 6.32. The van der Waals surface area contributed by atoms with E-state index in [2.05, 4.69) is 19.1 Å². The summed E-state index contributed by atoms with van der Waals surface area (Å²) in [6, 6.07) is 24.1. The summed E-state index contributed by atoms with van der Waals surface area (Å²) in [5, 5.41) is 10.8. The van der Waals surface area contributed by atoms with Gasteiger partial charge >= 0.3 is 0 Å². The molecule has 2 nitrogen and oxygen atoms in total. The fraction of sp³-hybridized carbons (Fsp3) is 0.500. The number of rotatable bonds is 20. The molecule has 0 aliphatic carbocycles. The van der Waals surface area contributed by atoms with E-state index in [1.807, 2.05) is 60.7 Å². The molecule has 3 aromatic carbocycles. The maximum atomic E-state index is 10.8. The van der Waals surface area contributed by atoms with Crippen LogP contribution in [0, 0.1) is 0 Å². The van der Waals surface area contributed by atoms with Crippen molar-refractivity contribution in [2.45, 2.75) is 110 Å². The molecule has 0 spiro atoms. The van der Waals surface area contributed by atoms with E-state index in [-0.39, 0.29) is 5.75 Å². The topological polar surface area (TPSA) is 29.5 Å². The zero-order chi connectivity index (χ0) is 26.7. The number of hydrogen-bond donors (Lipinski definition) is 1. The number of unbranched alkanes of at least 4 members (excludes halogenated alkanes) is 15. The number of hydrogen-bond acceptors (Lipinski definition) is 2. The second-order valence-corrected chi connectivity index (χ2v) is 10.7. The van der Waals surface area contributed by atoms with Gasteiger partial charge < -0.3 is 9.84 Å². The molecule has 38 heavy (non-hydrogen) atoms. The molecule has 0 aromatic heterocycles. The van der Waals surface area contributed by atoms with Gasteiger partial charge in [0.15, 0.2) is 0 Å². The van der Waals surface area contributed by atoms with Gasteiger partial charge in [0.05, 0.1) is 6.61 Å². The van der Waals surface area contributed by atoms with Crippen molar-refractivity contribution in [3.8, 4) is 33.8 Å². The fourth-order valence-corrected chi connectivity index (χ4v) is 5.21. The van der Waals surface area contributed by atoms with Crippen LogP contribution in [0.1, 0.15) is 110 Å². The maximum absolute atomic E-state index is 10.8. The number of phenolic OH excluding ortho intramolecular Hbond substituents is 1. The van der Waals surface area contributed by atoms with Crippen LogP contribution in [-0.2, 0) is 0 Å². The Morgan fingerprint density at radius 3 is 1.39 bits per heavy atom. The van der Waals surface area contributed by atoms with Gasteiger partial charge in [-0.25, -0.2) is 0 Å². The van der Waals surface area contributed by atoms with Gasteiger partial charge in [0.25, 0.3) is 0 Å². The lowest BCUT2D eigenvalue weighted by atomic mass is 9.98. The highest BCUT2D eigenvalue weighted by Gasteiger charge is 2.13. The van der Waals surface area contributed by atoms with Gasteiger partial charge in [-0.3, -0.25) is 0 Å². The lowest BCUT2D eigenvalue weighted by Crippen LogP contribution is -1.99. The van der Waals surface area contributed by atoms with Gasteiger partial charge in [-0.1, -0.05) is 164 Å². The molecule has 0 amide bonds. The number of aromatic hydroxyl groups is 1. The third kappa shape index (κ3) is 10.9. The Hall–Kier alpha value is -2.74. The Kier molecular flexibility index (Phi) is 14.5.